The largest absolute Gasteiger partial charge is 0.481 e. The number of carboxylic acids is 1. The first-order valence-electron chi connectivity index (χ1n) is 4.72. The lowest BCUT2D eigenvalue weighted by Gasteiger charge is -2.34. The van der Waals surface area contributed by atoms with Crippen LogP contribution in [0.4, 0.5) is 0 Å². The van der Waals surface area contributed by atoms with Crippen LogP contribution in [0.15, 0.2) is 0 Å². The third-order valence-corrected chi connectivity index (χ3v) is 3.42. The molecule has 68 valence electrons. The van der Waals surface area contributed by atoms with Crippen LogP contribution < -0.4 is 5.32 Å². The molecule has 0 aromatic rings. The van der Waals surface area contributed by atoms with Gasteiger partial charge >= 0.3 is 5.97 Å². The highest BCUT2D eigenvalue weighted by molar-refractivity contribution is 5.76. The van der Waals surface area contributed by atoms with Crippen LogP contribution in [0.25, 0.3) is 0 Å². The highest BCUT2D eigenvalue weighted by Crippen LogP contribution is 2.42. The molecule has 2 atom stereocenters. The predicted molar refractivity (Wildman–Crippen MR) is 44.9 cm³/mol. The van der Waals surface area contributed by atoms with Crippen molar-refractivity contribution in [1.82, 2.24) is 5.32 Å². The number of nitrogens with one attached hydrogen (secondary N) is 1. The van der Waals surface area contributed by atoms with Gasteiger partial charge in [-0.2, -0.15) is 0 Å². The van der Waals surface area contributed by atoms with Gasteiger partial charge in [0.2, 0.25) is 0 Å². The van der Waals surface area contributed by atoms with Gasteiger partial charge in [0.15, 0.2) is 0 Å². The zero-order valence-corrected chi connectivity index (χ0v) is 7.18. The van der Waals surface area contributed by atoms with E-state index < -0.39 is 11.4 Å². The summed E-state index contributed by atoms with van der Waals surface area (Å²) in [4.78, 5) is 11.1. The monoisotopic (exact) mass is 169 g/mol. The standard InChI is InChI=1S/C9H15NO2/c11-8(12)9-4-2-1-3-7(9)10-6-5-9/h7,10H,1-6H2,(H,11,12). The SMILES string of the molecule is O=C(O)C12CCCCC1NCC2. The average molecular weight is 169 g/mol. The Bertz CT molecular complexity index is 205. The molecule has 2 unspecified atom stereocenters. The number of aliphatic carboxylic acids is 1. The Morgan fingerprint density at radius 3 is 2.92 bits per heavy atom. The van der Waals surface area contributed by atoms with Crippen molar-refractivity contribution in [3.8, 4) is 0 Å². The van der Waals surface area contributed by atoms with Crippen molar-refractivity contribution in [3.05, 3.63) is 0 Å². The van der Waals surface area contributed by atoms with E-state index in [9.17, 15) is 4.79 Å². The van der Waals surface area contributed by atoms with Crippen LogP contribution >= 0.6 is 0 Å². The summed E-state index contributed by atoms with van der Waals surface area (Å²) in [5.74, 6) is -0.586. The van der Waals surface area contributed by atoms with E-state index in [0.29, 0.717) is 0 Å². The zero-order chi connectivity index (χ0) is 8.60. The van der Waals surface area contributed by atoms with Crippen LogP contribution in [0.2, 0.25) is 0 Å². The van der Waals surface area contributed by atoms with Gasteiger partial charge in [-0.15, -0.1) is 0 Å². The first-order chi connectivity index (χ1) is 5.76. The second-order valence-corrected chi connectivity index (χ2v) is 3.96. The molecule has 1 heterocycles. The molecule has 1 aliphatic carbocycles. The van der Waals surface area contributed by atoms with Gasteiger partial charge in [-0.25, -0.2) is 0 Å². The topological polar surface area (TPSA) is 49.3 Å². The molecule has 0 aromatic carbocycles. The number of hydrogen-bond donors (Lipinski definition) is 2. The van der Waals surface area contributed by atoms with Crippen LogP contribution in [-0.4, -0.2) is 23.7 Å². The van der Waals surface area contributed by atoms with E-state index in [1.165, 1.54) is 6.42 Å². The Kier molecular flexibility index (Phi) is 1.83. The quantitative estimate of drug-likeness (QED) is 0.615. The summed E-state index contributed by atoms with van der Waals surface area (Å²) in [6.07, 6.45) is 5.02. The summed E-state index contributed by atoms with van der Waals surface area (Å²) >= 11 is 0. The maximum absolute atomic E-state index is 11.1. The lowest BCUT2D eigenvalue weighted by molar-refractivity contribution is -0.151. The van der Waals surface area contributed by atoms with Gasteiger partial charge in [0.1, 0.15) is 0 Å². The molecule has 0 radical (unpaired) electrons. The highest BCUT2D eigenvalue weighted by atomic mass is 16.4. The third-order valence-electron chi connectivity index (χ3n) is 3.42. The molecule has 0 aromatic heterocycles. The van der Waals surface area contributed by atoms with Gasteiger partial charge in [-0.05, 0) is 25.8 Å². The van der Waals surface area contributed by atoms with Crippen molar-refractivity contribution in [2.45, 2.75) is 38.1 Å². The van der Waals surface area contributed by atoms with Crippen molar-refractivity contribution < 1.29 is 9.90 Å². The van der Waals surface area contributed by atoms with E-state index in [1.807, 2.05) is 0 Å². The molecule has 1 aliphatic heterocycles. The van der Waals surface area contributed by atoms with Crippen LogP contribution in [0, 0.1) is 5.41 Å². The van der Waals surface area contributed by atoms with Crippen molar-refractivity contribution >= 4 is 5.97 Å². The fourth-order valence-electron chi connectivity index (χ4n) is 2.67. The van der Waals surface area contributed by atoms with Crippen molar-refractivity contribution in [2.75, 3.05) is 6.54 Å². The second-order valence-electron chi connectivity index (χ2n) is 3.96. The fourth-order valence-corrected chi connectivity index (χ4v) is 2.67. The average Bonchev–Trinajstić information content (AvgIpc) is 2.48. The lowest BCUT2D eigenvalue weighted by Crippen LogP contribution is -2.44. The minimum Gasteiger partial charge on any atom is -0.481 e. The Hall–Kier alpha value is -0.570. The second kappa shape index (κ2) is 2.73. The summed E-state index contributed by atoms with van der Waals surface area (Å²) in [6, 6.07) is 0.253. The number of hydrogen-bond acceptors (Lipinski definition) is 2. The van der Waals surface area contributed by atoms with Gasteiger partial charge < -0.3 is 10.4 Å². The first-order valence-corrected chi connectivity index (χ1v) is 4.72. The maximum Gasteiger partial charge on any atom is 0.311 e. The molecular formula is C9H15NO2. The minimum atomic E-state index is -0.586. The van der Waals surface area contributed by atoms with Crippen molar-refractivity contribution in [1.29, 1.82) is 0 Å². The molecule has 2 N–H and O–H groups in total. The van der Waals surface area contributed by atoms with E-state index in [-0.39, 0.29) is 6.04 Å². The highest BCUT2D eigenvalue weighted by Gasteiger charge is 2.49. The first kappa shape index (κ1) is 8.05. The predicted octanol–water partition coefficient (Wildman–Crippen LogP) is 0.993. The maximum atomic E-state index is 11.1. The number of carboxylic acid groups (broad SMARTS) is 1. The Morgan fingerprint density at radius 1 is 1.42 bits per heavy atom. The van der Waals surface area contributed by atoms with Crippen molar-refractivity contribution in [2.24, 2.45) is 5.41 Å². The van der Waals surface area contributed by atoms with Gasteiger partial charge in [-0.1, -0.05) is 12.8 Å². The Balaban J connectivity index is 2.23. The summed E-state index contributed by atoms with van der Waals surface area (Å²) < 4.78 is 0. The molecule has 2 aliphatic rings. The molecule has 3 heteroatoms. The summed E-state index contributed by atoms with van der Waals surface area (Å²) in [7, 11) is 0. The Labute approximate surface area is 72.2 Å². The van der Waals surface area contributed by atoms with Crippen LogP contribution in [-0.2, 0) is 4.79 Å². The van der Waals surface area contributed by atoms with Gasteiger partial charge in [-0.3, -0.25) is 4.79 Å². The number of rotatable bonds is 1. The fraction of sp³-hybridized carbons (Fsp3) is 0.889. The third kappa shape index (κ3) is 0.959. The number of carbonyl (C=O) groups is 1. The molecule has 1 saturated carbocycles. The zero-order valence-electron chi connectivity index (χ0n) is 7.18. The molecule has 2 fully saturated rings. The molecular weight excluding hydrogens is 154 g/mol. The molecule has 2 rings (SSSR count). The summed E-state index contributed by atoms with van der Waals surface area (Å²) in [5.41, 5.74) is -0.405. The van der Waals surface area contributed by atoms with Crippen LogP contribution in [0.1, 0.15) is 32.1 Å². The molecule has 0 amide bonds. The van der Waals surface area contributed by atoms with E-state index in [4.69, 9.17) is 5.11 Å². The van der Waals surface area contributed by atoms with E-state index >= 15 is 0 Å². The van der Waals surface area contributed by atoms with Crippen LogP contribution in [0.5, 0.6) is 0 Å². The molecule has 0 bridgehead atoms. The van der Waals surface area contributed by atoms with Gasteiger partial charge in [0, 0.05) is 6.04 Å². The molecule has 1 saturated heterocycles. The van der Waals surface area contributed by atoms with E-state index in [1.54, 1.807) is 0 Å². The summed E-state index contributed by atoms with van der Waals surface area (Å²) in [5, 5.41) is 12.5. The molecule has 0 spiro atoms. The number of fused-ring (bicyclic) bond motifs is 1. The van der Waals surface area contributed by atoms with Gasteiger partial charge in [0.05, 0.1) is 5.41 Å². The lowest BCUT2D eigenvalue weighted by atomic mass is 9.71. The van der Waals surface area contributed by atoms with Gasteiger partial charge in [0.25, 0.3) is 0 Å². The Morgan fingerprint density at radius 2 is 2.25 bits per heavy atom. The van der Waals surface area contributed by atoms with E-state index in [2.05, 4.69) is 5.32 Å². The minimum absolute atomic E-state index is 0.253. The summed E-state index contributed by atoms with van der Waals surface area (Å²) in [6.45, 7) is 0.886. The molecule has 3 nitrogen and oxygen atoms in total. The molecule has 12 heavy (non-hydrogen) atoms. The van der Waals surface area contributed by atoms with Crippen LogP contribution in [0.3, 0.4) is 0 Å². The smallest absolute Gasteiger partial charge is 0.311 e. The van der Waals surface area contributed by atoms with Crippen molar-refractivity contribution in [3.63, 3.8) is 0 Å². The normalized spacial score (nSPS) is 40.8. The van der Waals surface area contributed by atoms with E-state index in [0.717, 1.165) is 32.2 Å².